The Kier molecular flexibility index (Phi) is 6.55. The molecule has 2 heterocycles. The van der Waals surface area contributed by atoms with E-state index in [0.29, 0.717) is 26.2 Å². The van der Waals surface area contributed by atoms with Crippen molar-refractivity contribution in [2.75, 3.05) is 51.1 Å². The summed E-state index contributed by atoms with van der Waals surface area (Å²) in [5, 5.41) is 3.49. The van der Waals surface area contributed by atoms with E-state index in [0.717, 1.165) is 45.4 Å². The highest BCUT2D eigenvalue weighted by Gasteiger charge is 2.31. The number of nitrogens with one attached hydrogen (secondary N) is 1. The van der Waals surface area contributed by atoms with Crippen molar-refractivity contribution in [3.05, 3.63) is 29.3 Å². The lowest BCUT2D eigenvalue weighted by molar-refractivity contribution is 0.175. The third kappa shape index (κ3) is 4.22. The molecule has 146 valence electrons. The summed E-state index contributed by atoms with van der Waals surface area (Å²) in [5.74, 6) is 0. The minimum absolute atomic E-state index is 0.578. The summed E-state index contributed by atoms with van der Waals surface area (Å²) in [6.07, 6.45) is 2.80. The zero-order valence-corrected chi connectivity index (χ0v) is 16.9. The third-order valence-corrected chi connectivity index (χ3v) is 7.29. The normalized spacial score (nSPS) is 18.9. The highest BCUT2D eigenvalue weighted by molar-refractivity contribution is 7.86. The molecule has 0 radical (unpaired) electrons. The van der Waals surface area contributed by atoms with Crippen LogP contribution in [0.25, 0.3) is 0 Å². The first-order valence-corrected chi connectivity index (χ1v) is 11.3. The molecule has 0 aliphatic carbocycles. The number of para-hydroxylation sites is 1. The van der Waals surface area contributed by atoms with Gasteiger partial charge >= 0.3 is 0 Å². The molecule has 0 bridgehead atoms. The van der Waals surface area contributed by atoms with E-state index in [-0.39, 0.29) is 0 Å². The number of rotatable bonds is 8. The molecule has 3 rings (SSSR count). The molecule has 0 saturated carbocycles. The Hall–Kier alpha value is -1.15. The van der Waals surface area contributed by atoms with Gasteiger partial charge in [-0.15, -0.1) is 0 Å². The van der Waals surface area contributed by atoms with Crippen molar-refractivity contribution in [2.24, 2.45) is 0 Å². The molecule has 2 aliphatic rings. The first-order chi connectivity index (χ1) is 12.6. The molecular weight excluding hydrogens is 348 g/mol. The van der Waals surface area contributed by atoms with Crippen LogP contribution in [0.5, 0.6) is 0 Å². The second-order valence-electron chi connectivity index (χ2n) is 7.21. The fourth-order valence-corrected chi connectivity index (χ4v) is 5.68. The number of hydrogen-bond acceptors (Lipinski definition) is 4. The van der Waals surface area contributed by atoms with Crippen LogP contribution >= 0.6 is 0 Å². The number of nitrogens with zero attached hydrogens (tertiary/aromatic N) is 3. The van der Waals surface area contributed by atoms with Crippen LogP contribution in [0.3, 0.4) is 0 Å². The van der Waals surface area contributed by atoms with Crippen molar-refractivity contribution >= 4 is 15.9 Å². The van der Waals surface area contributed by atoms with Gasteiger partial charge in [0.2, 0.25) is 0 Å². The molecule has 0 amide bonds. The van der Waals surface area contributed by atoms with Crippen molar-refractivity contribution in [3.8, 4) is 0 Å². The minimum atomic E-state index is -3.33. The van der Waals surface area contributed by atoms with E-state index in [1.807, 2.05) is 13.8 Å². The monoisotopic (exact) mass is 380 g/mol. The molecule has 2 aliphatic heterocycles. The van der Waals surface area contributed by atoms with Gasteiger partial charge in [0, 0.05) is 58.0 Å². The summed E-state index contributed by atoms with van der Waals surface area (Å²) in [5.41, 5.74) is 4.02. The molecule has 1 saturated heterocycles. The predicted octanol–water partition coefficient (Wildman–Crippen LogP) is 2.14. The molecule has 0 unspecified atom stereocenters. The number of anilines is 1. The van der Waals surface area contributed by atoms with Gasteiger partial charge in [-0.25, -0.2) is 0 Å². The van der Waals surface area contributed by atoms with Crippen LogP contribution < -0.4 is 5.32 Å². The Labute approximate surface area is 158 Å². The molecule has 0 aromatic heterocycles. The molecule has 0 spiro atoms. The molecule has 6 nitrogen and oxygen atoms in total. The number of piperazine rings is 1. The maximum absolute atomic E-state index is 12.9. The third-order valence-electron chi connectivity index (χ3n) is 5.26. The van der Waals surface area contributed by atoms with Gasteiger partial charge in [0.15, 0.2) is 0 Å². The standard InChI is InChI=1S/C19H32N4O2S/c1-3-10-22(11-4-2)26(24,25)23-14-12-21(13-15-23)16-18-7-5-6-17-8-9-20-19(17)18/h5-7,20H,3-4,8-16H2,1-2H3. The fraction of sp³-hybridized carbons (Fsp3) is 0.684. The minimum Gasteiger partial charge on any atom is -0.384 e. The Balaban J connectivity index is 1.60. The van der Waals surface area contributed by atoms with E-state index in [1.165, 1.54) is 16.8 Å². The molecule has 0 atom stereocenters. The van der Waals surface area contributed by atoms with Gasteiger partial charge in [-0.05, 0) is 30.4 Å². The molecule has 7 heteroatoms. The lowest BCUT2D eigenvalue weighted by atomic mass is 10.1. The number of hydrogen-bond donors (Lipinski definition) is 1. The van der Waals surface area contributed by atoms with Crippen LogP contribution in [0, 0.1) is 0 Å². The maximum atomic E-state index is 12.9. The van der Waals surface area contributed by atoms with Crippen LogP contribution in [0.1, 0.15) is 37.8 Å². The van der Waals surface area contributed by atoms with Gasteiger partial charge in [-0.1, -0.05) is 32.0 Å². The highest BCUT2D eigenvalue weighted by Crippen LogP contribution is 2.27. The van der Waals surface area contributed by atoms with Gasteiger partial charge in [-0.2, -0.15) is 17.0 Å². The zero-order valence-electron chi connectivity index (χ0n) is 16.1. The van der Waals surface area contributed by atoms with Crippen LogP contribution in [0.15, 0.2) is 18.2 Å². The molecule has 1 N–H and O–H groups in total. The summed E-state index contributed by atoms with van der Waals surface area (Å²) in [7, 11) is -3.33. The van der Waals surface area contributed by atoms with Crippen molar-refractivity contribution in [2.45, 2.75) is 39.7 Å². The summed E-state index contributed by atoms with van der Waals surface area (Å²) in [6.45, 7) is 9.91. The second-order valence-corrected chi connectivity index (χ2v) is 9.14. The largest absolute Gasteiger partial charge is 0.384 e. The summed E-state index contributed by atoms with van der Waals surface area (Å²) >= 11 is 0. The van der Waals surface area contributed by atoms with Crippen molar-refractivity contribution in [3.63, 3.8) is 0 Å². The smallest absolute Gasteiger partial charge is 0.282 e. The quantitative estimate of drug-likeness (QED) is 0.751. The van der Waals surface area contributed by atoms with Gasteiger partial charge in [0.05, 0.1) is 0 Å². The van der Waals surface area contributed by atoms with E-state index in [1.54, 1.807) is 8.61 Å². The molecule has 1 aromatic rings. The topological polar surface area (TPSA) is 55.9 Å². The van der Waals surface area contributed by atoms with Gasteiger partial charge in [0.1, 0.15) is 0 Å². The van der Waals surface area contributed by atoms with E-state index in [4.69, 9.17) is 0 Å². The lowest BCUT2D eigenvalue weighted by Crippen LogP contribution is -2.53. The molecular formula is C19H32N4O2S. The van der Waals surface area contributed by atoms with Crippen molar-refractivity contribution in [1.82, 2.24) is 13.5 Å². The maximum Gasteiger partial charge on any atom is 0.282 e. The van der Waals surface area contributed by atoms with Crippen LogP contribution in [0.4, 0.5) is 5.69 Å². The SMILES string of the molecule is CCCN(CCC)S(=O)(=O)N1CCN(Cc2cccc3c2NCC3)CC1. The number of fused-ring (bicyclic) bond motifs is 1. The summed E-state index contributed by atoms with van der Waals surface area (Å²) in [4.78, 5) is 2.37. The average Bonchev–Trinajstić information content (AvgIpc) is 3.12. The van der Waals surface area contributed by atoms with Gasteiger partial charge in [0.25, 0.3) is 10.2 Å². The Morgan fingerprint density at radius 2 is 1.77 bits per heavy atom. The van der Waals surface area contributed by atoms with Crippen molar-refractivity contribution < 1.29 is 8.42 Å². The van der Waals surface area contributed by atoms with E-state index in [2.05, 4.69) is 28.4 Å². The lowest BCUT2D eigenvalue weighted by Gasteiger charge is -2.36. The first kappa shape index (κ1) is 19.6. The van der Waals surface area contributed by atoms with Crippen LogP contribution in [0.2, 0.25) is 0 Å². The van der Waals surface area contributed by atoms with Crippen LogP contribution in [-0.2, 0) is 23.2 Å². The molecule has 1 aromatic carbocycles. The molecule has 1 fully saturated rings. The van der Waals surface area contributed by atoms with E-state index < -0.39 is 10.2 Å². The van der Waals surface area contributed by atoms with E-state index >= 15 is 0 Å². The van der Waals surface area contributed by atoms with Crippen LogP contribution in [-0.4, -0.2) is 67.7 Å². The number of benzene rings is 1. The van der Waals surface area contributed by atoms with Gasteiger partial charge < -0.3 is 5.32 Å². The Morgan fingerprint density at radius 1 is 1.08 bits per heavy atom. The molecule has 26 heavy (non-hydrogen) atoms. The average molecular weight is 381 g/mol. The Morgan fingerprint density at radius 3 is 2.42 bits per heavy atom. The van der Waals surface area contributed by atoms with Gasteiger partial charge in [-0.3, -0.25) is 4.90 Å². The summed E-state index contributed by atoms with van der Waals surface area (Å²) in [6, 6.07) is 6.51. The van der Waals surface area contributed by atoms with Crippen molar-refractivity contribution in [1.29, 1.82) is 0 Å². The zero-order chi connectivity index (χ0) is 18.6. The first-order valence-electron chi connectivity index (χ1n) is 9.88. The predicted molar refractivity (Wildman–Crippen MR) is 107 cm³/mol. The van der Waals surface area contributed by atoms with E-state index in [9.17, 15) is 8.42 Å². The Bertz CT molecular complexity index is 693. The summed E-state index contributed by atoms with van der Waals surface area (Å²) < 4.78 is 29.1. The fourth-order valence-electron chi connectivity index (χ4n) is 3.91. The second kappa shape index (κ2) is 8.69. The highest BCUT2D eigenvalue weighted by atomic mass is 32.2.